The molecular formula is C16H21N3OS. The minimum atomic E-state index is 0.0776. The SMILES string of the molecule is Cc1csc(-c2ccccc2CNC(=O)CCN(C)C)n1. The number of nitrogens with zero attached hydrogens (tertiary/aromatic N) is 2. The van der Waals surface area contributed by atoms with Gasteiger partial charge in [-0.05, 0) is 26.6 Å². The van der Waals surface area contributed by atoms with Gasteiger partial charge in [0.1, 0.15) is 5.01 Å². The summed E-state index contributed by atoms with van der Waals surface area (Å²) in [5.74, 6) is 0.0776. The van der Waals surface area contributed by atoms with Gasteiger partial charge in [-0.25, -0.2) is 4.98 Å². The Labute approximate surface area is 129 Å². The Morgan fingerprint density at radius 3 is 2.76 bits per heavy atom. The fourth-order valence-electron chi connectivity index (χ4n) is 1.97. The van der Waals surface area contributed by atoms with Crippen LogP contribution in [0.4, 0.5) is 0 Å². The van der Waals surface area contributed by atoms with Crippen LogP contribution in [0.25, 0.3) is 10.6 Å². The van der Waals surface area contributed by atoms with Crippen LogP contribution in [-0.4, -0.2) is 36.4 Å². The molecule has 0 aliphatic heterocycles. The second-order valence-corrected chi connectivity index (χ2v) is 6.14. The van der Waals surface area contributed by atoms with Gasteiger partial charge in [-0.15, -0.1) is 11.3 Å². The number of hydrogen-bond donors (Lipinski definition) is 1. The molecule has 0 spiro atoms. The van der Waals surface area contributed by atoms with Crippen LogP contribution in [0.3, 0.4) is 0 Å². The Bertz CT molecular complexity index is 607. The maximum atomic E-state index is 11.8. The molecule has 5 heteroatoms. The average Bonchev–Trinajstić information content (AvgIpc) is 2.89. The van der Waals surface area contributed by atoms with Crippen LogP contribution in [0.5, 0.6) is 0 Å². The minimum absolute atomic E-state index is 0.0776. The molecule has 0 bridgehead atoms. The topological polar surface area (TPSA) is 45.2 Å². The number of rotatable bonds is 6. The van der Waals surface area contributed by atoms with E-state index in [0.717, 1.165) is 28.4 Å². The van der Waals surface area contributed by atoms with E-state index in [-0.39, 0.29) is 5.91 Å². The Hall–Kier alpha value is -1.72. The van der Waals surface area contributed by atoms with E-state index in [9.17, 15) is 4.79 Å². The maximum absolute atomic E-state index is 11.8. The summed E-state index contributed by atoms with van der Waals surface area (Å²) in [7, 11) is 3.93. The monoisotopic (exact) mass is 303 g/mol. The lowest BCUT2D eigenvalue weighted by molar-refractivity contribution is -0.121. The molecule has 1 N–H and O–H groups in total. The van der Waals surface area contributed by atoms with E-state index < -0.39 is 0 Å². The van der Waals surface area contributed by atoms with Gasteiger partial charge in [-0.2, -0.15) is 0 Å². The number of aromatic nitrogens is 1. The zero-order valence-electron chi connectivity index (χ0n) is 12.7. The normalized spacial score (nSPS) is 10.9. The maximum Gasteiger partial charge on any atom is 0.221 e. The lowest BCUT2D eigenvalue weighted by Gasteiger charge is -2.11. The van der Waals surface area contributed by atoms with Crippen molar-refractivity contribution in [1.82, 2.24) is 15.2 Å². The van der Waals surface area contributed by atoms with Gasteiger partial charge in [-0.1, -0.05) is 24.3 Å². The van der Waals surface area contributed by atoms with Crippen molar-refractivity contribution in [2.45, 2.75) is 19.9 Å². The highest BCUT2D eigenvalue weighted by atomic mass is 32.1. The van der Waals surface area contributed by atoms with Crippen molar-refractivity contribution in [2.24, 2.45) is 0 Å². The highest BCUT2D eigenvalue weighted by Crippen LogP contribution is 2.26. The van der Waals surface area contributed by atoms with Gasteiger partial charge in [-0.3, -0.25) is 4.79 Å². The third-order valence-corrected chi connectivity index (χ3v) is 4.12. The number of amides is 1. The van der Waals surface area contributed by atoms with Gasteiger partial charge in [0.2, 0.25) is 5.91 Å². The number of benzene rings is 1. The molecule has 0 aliphatic carbocycles. The van der Waals surface area contributed by atoms with Gasteiger partial charge in [0.15, 0.2) is 0 Å². The highest BCUT2D eigenvalue weighted by molar-refractivity contribution is 7.13. The smallest absolute Gasteiger partial charge is 0.221 e. The van der Waals surface area contributed by atoms with Crippen molar-refractivity contribution in [1.29, 1.82) is 0 Å². The average molecular weight is 303 g/mol. The summed E-state index contributed by atoms with van der Waals surface area (Å²) >= 11 is 1.63. The summed E-state index contributed by atoms with van der Waals surface area (Å²) in [6.45, 7) is 3.30. The van der Waals surface area contributed by atoms with Gasteiger partial charge >= 0.3 is 0 Å². The van der Waals surface area contributed by atoms with Crippen LogP contribution in [0.1, 0.15) is 17.7 Å². The molecule has 1 aromatic carbocycles. The molecule has 4 nitrogen and oxygen atoms in total. The first kappa shape index (κ1) is 15.7. The second-order valence-electron chi connectivity index (χ2n) is 5.28. The zero-order chi connectivity index (χ0) is 15.2. The fourth-order valence-corrected chi connectivity index (χ4v) is 2.83. The van der Waals surface area contributed by atoms with Crippen molar-refractivity contribution >= 4 is 17.2 Å². The number of carbonyl (C=O) groups is 1. The first-order valence-electron chi connectivity index (χ1n) is 6.98. The molecule has 0 atom stereocenters. The predicted octanol–water partition coefficient (Wildman–Crippen LogP) is 2.69. The van der Waals surface area contributed by atoms with E-state index >= 15 is 0 Å². The van der Waals surface area contributed by atoms with Gasteiger partial charge < -0.3 is 10.2 Å². The molecule has 112 valence electrons. The summed E-state index contributed by atoms with van der Waals surface area (Å²) in [6, 6.07) is 8.09. The van der Waals surface area contributed by atoms with E-state index in [2.05, 4.69) is 16.4 Å². The van der Waals surface area contributed by atoms with E-state index in [0.29, 0.717) is 13.0 Å². The Balaban J connectivity index is 2.02. The molecular weight excluding hydrogens is 282 g/mol. The lowest BCUT2D eigenvalue weighted by Crippen LogP contribution is -2.27. The summed E-state index contributed by atoms with van der Waals surface area (Å²) in [6.07, 6.45) is 0.519. The van der Waals surface area contributed by atoms with Crippen LogP contribution in [0, 0.1) is 6.92 Å². The van der Waals surface area contributed by atoms with Crippen LogP contribution in [0.15, 0.2) is 29.6 Å². The molecule has 1 aromatic heterocycles. The van der Waals surface area contributed by atoms with Crippen molar-refractivity contribution in [3.63, 3.8) is 0 Å². The molecule has 0 aliphatic rings. The van der Waals surface area contributed by atoms with E-state index in [4.69, 9.17) is 0 Å². The van der Waals surface area contributed by atoms with Gasteiger partial charge in [0.25, 0.3) is 0 Å². The van der Waals surface area contributed by atoms with Crippen molar-refractivity contribution in [2.75, 3.05) is 20.6 Å². The quantitative estimate of drug-likeness (QED) is 0.892. The third kappa shape index (κ3) is 4.65. The molecule has 1 amide bonds. The van der Waals surface area contributed by atoms with Crippen molar-refractivity contribution in [3.8, 4) is 10.6 Å². The Kier molecular flexibility index (Phi) is 5.47. The number of thiazole rings is 1. The van der Waals surface area contributed by atoms with Crippen molar-refractivity contribution < 1.29 is 4.79 Å². The van der Waals surface area contributed by atoms with Gasteiger partial charge in [0, 0.05) is 36.1 Å². The molecule has 2 aromatic rings. The number of nitrogens with one attached hydrogen (secondary N) is 1. The second kappa shape index (κ2) is 7.33. The molecule has 0 fully saturated rings. The zero-order valence-corrected chi connectivity index (χ0v) is 13.5. The third-order valence-electron chi connectivity index (χ3n) is 3.13. The minimum Gasteiger partial charge on any atom is -0.352 e. The first-order valence-corrected chi connectivity index (χ1v) is 7.86. The standard InChI is InChI=1S/C16H21N3OS/c1-12-11-21-16(18-12)14-7-5-4-6-13(14)10-17-15(20)8-9-19(2)3/h4-7,11H,8-10H2,1-3H3,(H,17,20). The molecule has 21 heavy (non-hydrogen) atoms. The fraction of sp³-hybridized carbons (Fsp3) is 0.375. The van der Waals surface area contributed by atoms with Crippen molar-refractivity contribution in [3.05, 3.63) is 40.9 Å². The summed E-state index contributed by atoms with van der Waals surface area (Å²) in [5.41, 5.74) is 3.23. The van der Waals surface area contributed by atoms with Crippen LogP contribution in [-0.2, 0) is 11.3 Å². The van der Waals surface area contributed by atoms with E-state index in [1.54, 1.807) is 11.3 Å². The molecule has 0 saturated carbocycles. The molecule has 0 unspecified atom stereocenters. The Morgan fingerprint density at radius 1 is 1.33 bits per heavy atom. The van der Waals surface area contributed by atoms with Crippen LogP contribution >= 0.6 is 11.3 Å². The molecule has 0 saturated heterocycles. The largest absolute Gasteiger partial charge is 0.352 e. The molecule has 0 radical (unpaired) electrons. The molecule has 1 heterocycles. The molecule has 2 rings (SSSR count). The van der Waals surface area contributed by atoms with Crippen LogP contribution in [0.2, 0.25) is 0 Å². The Morgan fingerprint density at radius 2 is 2.10 bits per heavy atom. The van der Waals surface area contributed by atoms with E-state index in [1.165, 1.54) is 0 Å². The summed E-state index contributed by atoms with van der Waals surface area (Å²) in [5, 5.41) is 6.03. The highest BCUT2D eigenvalue weighted by Gasteiger charge is 2.09. The number of aryl methyl sites for hydroxylation is 1. The lowest BCUT2D eigenvalue weighted by atomic mass is 10.1. The number of hydrogen-bond acceptors (Lipinski definition) is 4. The van der Waals surface area contributed by atoms with E-state index in [1.807, 2.05) is 49.5 Å². The first-order chi connectivity index (χ1) is 10.1. The summed E-state index contributed by atoms with van der Waals surface area (Å²) < 4.78 is 0. The van der Waals surface area contributed by atoms with Crippen LogP contribution < -0.4 is 5.32 Å². The number of carbonyl (C=O) groups excluding carboxylic acids is 1. The van der Waals surface area contributed by atoms with Gasteiger partial charge in [0.05, 0.1) is 0 Å². The predicted molar refractivity (Wildman–Crippen MR) is 87.3 cm³/mol. The summed E-state index contributed by atoms with van der Waals surface area (Å²) in [4.78, 5) is 18.4.